The molecule has 4 nitrogen and oxygen atoms in total. The zero-order chi connectivity index (χ0) is 14.1. The van der Waals surface area contributed by atoms with Gasteiger partial charge in [-0.2, -0.15) is 4.98 Å². The average molecular weight is 356 g/mol. The Balaban J connectivity index is 1.98. The van der Waals surface area contributed by atoms with Crippen molar-refractivity contribution in [1.29, 1.82) is 0 Å². The van der Waals surface area contributed by atoms with Crippen LogP contribution in [0.5, 0.6) is 11.6 Å². The van der Waals surface area contributed by atoms with Crippen LogP contribution in [0.2, 0.25) is 0 Å². The van der Waals surface area contributed by atoms with Gasteiger partial charge in [0.2, 0.25) is 5.88 Å². The maximum atomic E-state index is 13.5. The third-order valence-electron chi connectivity index (χ3n) is 2.77. The van der Waals surface area contributed by atoms with E-state index in [0.717, 1.165) is 10.7 Å². The number of nitrogens with zero attached hydrogens (tertiary/aromatic N) is 2. The van der Waals surface area contributed by atoms with Gasteiger partial charge in [0.1, 0.15) is 17.3 Å². The predicted octanol–water partition coefficient (Wildman–Crippen LogP) is 3.81. The molecule has 0 saturated carbocycles. The van der Waals surface area contributed by atoms with E-state index in [9.17, 15) is 4.39 Å². The molecule has 0 atom stereocenters. The summed E-state index contributed by atoms with van der Waals surface area (Å²) in [5.74, 6) is 0.556. The molecule has 20 heavy (non-hydrogen) atoms. The van der Waals surface area contributed by atoms with Crippen molar-refractivity contribution < 1.29 is 9.13 Å². The van der Waals surface area contributed by atoms with Gasteiger partial charge in [0, 0.05) is 24.2 Å². The van der Waals surface area contributed by atoms with Crippen LogP contribution in [0, 0.1) is 5.82 Å². The van der Waals surface area contributed by atoms with Crippen molar-refractivity contribution in [3.63, 3.8) is 0 Å². The van der Waals surface area contributed by atoms with Crippen LogP contribution in [-0.2, 0) is 6.54 Å². The van der Waals surface area contributed by atoms with Crippen molar-refractivity contribution >= 4 is 32.2 Å². The number of fused-ring (bicyclic) bond motifs is 1. The Bertz CT molecular complexity index is 755. The van der Waals surface area contributed by atoms with Gasteiger partial charge < -0.3 is 10.1 Å². The van der Waals surface area contributed by atoms with Gasteiger partial charge in [-0.05, 0) is 35.1 Å². The molecule has 0 bridgehead atoms. The fraction of sp³-hybridized carbons (Fsp3) is 0.154. The molecule has 0 aliphatic heterocycles. The minimum atomic E-state index is -0.362. The number of hydrogen-bond donors (Lipinski definition) is 1. The first-order chi connectivity index (χ1) is 9.69. The molecule has 1 N–H and O–H groups in total. The summed E-state index contributed by atoms with van der Waals surface area (Å²) in [4.78, 5) is 5.27. The smallest absolute Gasteiger partial charge is 0.243 e. The highest BCUT2D eigenvalue weighted by molar-refractivity contribution is 9.10. The molecule has 0 saturated heterocycles. The fourth-order valence-electron chi connectivity index (χ4n) is 1.87. The van der Waals surface area contributed by atoms with E-state index in [4.69, 9.17) is 4.74 Å². The van der Waals surface area contributed by atoms with Crippen molar-refractivity contribution in [3.05, 3.63) is 45.8 Å². The van der Waals surface area contributed by atoms with Gasteiger partial charge >= 0.3 is 0 Å². The molecule has 3 rings (SSSR count). The van der Waals surface area contributed by atoms with E-state index in [-0.39, 0.29) is 5.82 Å². The molecular formula is C13H11BrFN3OS. The van der Waals surface area contributed by atoms with Gasteiger partial charge in [-0.15, -0.1) is 11.3 Å². The molecule has 0 spiro atoms. The van der Waals surface area contributed by atoms with Gasteiger partial charge in [0.25, 0.3) is 0 Å². The molecular weight excluding hydrogens is 345 g/mol. The van der Waals surface area contributed by atoms with Gasteiger partial charge in [0.05, 0.1) is 4.47 Å². The summed E-state index contributed by atoms with van der Waals surface area (Å²) in [5.41, 5.74) is 0.909. The summed E-state index contributed by atoms with van der Waals surface area (Å²) in [6, 6.07) is 4.64. The van der Waals surface area contributed by atoms with Crippen LogP contribution in [0.4, 0.5) is 4.39 Å². The van der Waals surface area contributed by atoms with Crippen LogP contribution in [-0.4, -0.2) is 16.4 Å². The SMILES string of the molecule is CNCc1c(Oc2ccc(Br)c(F)c2)nc2sccn12. The molecule has 0 amide bonds. The average Bonchev–Trinajstić information content (AvgIpc) is 2.98. The number of nitrogens with one attached hydrogen (secondary N) is 1. The Morgan fingerprint density at radius 1 is 1.50 bits per heavy atom. The molecule has 104 valence electrons. The predicted molar refractivity (Wildman–Crippen MR) is 80.0 cm³/mol. The number of ether oxygens (including phenoxy) is 1. The Labute approximate surface area is 127 Å². The second-order valence-corrected chi connectivity index (χ2v) is 5.85. The maximum absolute atomic E-state index is 13.5. The largest absolute Gasteiger partial charge is 0.437 e. The number of halogens is 2. The van der Waals surface area contributed by atoms with E-state index in [1.807, 2.05) is 23.0 Å². The van der Waals surface area contributed by atoms with Crippen molar-refractivity contribution in [3.8, 4) is 11.6 Å². The Morgan fingerprint density at radius 3 is 3.10 bits per heavy atom. The molecule has 2 heterocycles. The van der Waals surface area contributed by atoms with Crippen LogP contribution >= 0.6 is 27.3 Å². The number of imidazole rings is 1. The van der Waals surface area contributed by atoms with E-state index in [1.54, 1.807) is 12.1 Å². The van der Waals surface area contributed by atoms with Crippen LogP contribution < -0.4 is 10.1 Å². The van der Waals surface area contributed by atoms with E-state index in [2.05, 4.69) is 26.2 Å². The Morgan fingerprint density at radius 2 is 2.35 bits per heavy atom. The lowest BCUT2D eigenvalue weighted by atomic mass is 10.3. The van der Waals surface area contributed by atoms with E-state index >= 15 is 0 Å². The number of aromatic nitrogens is 2. The minimum Gasteiger partial charge on any atom is -0.437 e. The van der Waals surface area contributed by atoms with Crippen molar-refractivity contribution in [1.82, 2.24) is 14.7 Å². The summed E-state index contributed by atoms with van der Waals surface area (Å²) >= 11 is 4.64. The highest BCUT2D eigenvalue weighted by atomic mass is 79.9. The Hall–Kier alpha value is -1.44. The standard InChI is InChI=1S/C13H11BrFN3OS/c1-16-7-11-12(17-13-18(11)4-5-20-13)19-8-2-3-9(14)10(15)6-8/h2-6,16H,7H2,1H3. The number of benzene rings is 1. The summed E-state index contributed by atoms with van der Waals surface area (Å²) in [6.45, 7) is 0.617. The molecule has 0 fully saturated rings. The Kier molecular flexibility index (Phi) is 3.73. The lowest BCUT2D eigenvalue weighted by molar-refractivity contribution is 0.452. The zero-order valence-electron chi connectivity index (χ0n) is 10.6. The molecule has 0 radical (unpaired) electrons. The van der Waals surface area contributed by atoms with Gasteiger partial charge in [0.15, 0.2) is 4.96 Å². The van der Waals surface area contributed by atoms with Crippen LogP contribution in [0.1, 0.15) is 5.69 Å². The van der Waals surface area contributed by atoms with Gasteiger partial charge in [-0.25, -0.2) is 4.39 Å². The third kappa shape index (κ3) is 2.44. The lowest BCUT2D eigenvalue weighted by Gasteiger charge is -2.06. The van der Waals surface area contributed by atoms with Crippen molar-refractivity contribution in [2.24, 2.45) is 0 Å². The number of rotatable bonds is 4. The highest BCUT2D eigenvalue weighted by Gasteiger charge is 2.15. The van der Waals surface area contributed by atoms with E-state index < -0.39 is 0 Å². The lowest BCUT2D eigenvalue weighted by Crippen LogP contribution is -2.08. The molecule has 1 aromatic carbocycles. The summed E-state index contributed by atoms with van der Waals surface area (Å²) in [5, 5.41) is 5.04. The van der Waals surface area contributed by atoms with Gasteiger partial charge in [-0.3, -0.25) is 4.40 Å². The second kappa shape index (κ2) is 5.51. The second-order valence-electron chi connectivity index (χ2n) is 4.13. The van der Waals surface area contributed by atoms with E-state index in [1.165, 1.54) is 17.4 Å². The molecule has 3 aromatic rings. The summed E-state index contributed by atoms with van der Waals surface area (Å²) < 4.78 is 21.6. The normalized spacial score (nSPS) is 11.2. The summed E-state index contributed by atoms with van der Waals surface area (Å²) in [6.07, 6.45) is 1.94. The minimum absolute atomic E-state index is 0.362. The van der Waals surface area contributed by atoms with Crippen molar-refractivity contribution in [2.45, 2.75) is 6.54 Å². The molecule has 7 heteroatoms. The monoisotopic (exact) mass is 355 g/mol. The van der Waals surface area contributed by atoms with Crippen LogP contribution in [0.3, 0.4) is 0 Å². The number of thiazole rings is 1. The first-order valence-electron chi connectivity index (χ1n) is 5.91. The molecule has 0 unspecified atom stereocenters. The van der Waals surface area contributed by atoms with Crippen LogP contribution in [0.25, 0.3) is 4.96 Å². The highest BCUT2D eigenvalue weighted by Crippen LogP contribution is 2.29. The van der Waals surface area contributed by atoms with E-state index in [0.29, 0.717) is 22.6 Å². The third-order valence-corrected chi connectivity index (χ3v) is 4.17. The maximum Gasteiger partial charge on any atom is 0.243 e. The fourth-order valence-corrected chi connectivity index (χ4v) is 2.85. The quantitative estimate of drug-likeness (QED) is 0.773. The molecule has 0 aliphatic rings. The number of hydrogen-bond acceptors (Lipinski definition) is 4. The first kappa shape index (κ1) is 13.5. The zero-order valence-corrected chi connectivity index (χ0v) is 13.0. The van der Waals surface area contributed by atoms with Crippen molar-refractivity contribution in [2.75, 3.05) is 7.05 Å². The topological polar surface area (TPSA) is 38.6 Å². The molecule has 2 aromatic heterocycles. The first-order valence-corrected chi connectivity index (χ1v) is 7.58. The molecule has 0 aliphatic carbocycles. The summed E-state index contributed by atoms with van der Waals surface area (Å²) in [7, 11) is 1.86. The van der Waals surface area contributed by atoms with Gasteiger partial charge in [-0.1, -0.05) is 0 Å². The van der Waals surface area contributed by atoms with Crippen LogP contribution in [0.15, 0.2) is 34.2 Å².